The van der Waals surface area contributed by atoms with Crippen molar-refractivity contribution in [1.29, 1.82) is 0 Å². The highest BCUT2D eigenvalue weighted by Crippen LogP contribution is 2.28. The van der Waals surface area contributed by atoms with Crippen molar-refractivity contribution in [3.8, 4) is 0 Å². The summed E-state index contributed by atoms with van der Waals surface area (Å²) >= 11 is 0. The molecule has 0 spiro atoms. The molecule has 1 atom stereocenters. The topological polar surface area (TPSA) is 116 Å². The Bertz CT molecular complexity index is 1050. The number of benzene rings is 2. The average Bonchev–Trinajstić information content (AvgIpc) is 3.07. The van der Waals surface area contributed by atoms with Crippen LogP contribution in [0.3, 0.4) is 0 Å². The smallest absolute Gasteiger partial charge is 0.255 e. The van der Waals surface area contributed by atoms with E-state index in [1.807, 2.05) is 6.07 Å². The van der Waals surface area contributed by atoms with Crippen molar-refractivity contribution in [2.75, 3.05) is 0 Å². The van der Waals surface area contributed by atoms with E-state index < -0.39 is 11.9 Å². The Hall–Kier alpha value is -3.52. The number of nitrogens with one attached hydrogen (secondary N) is 2. The number of aliphatic hydroxyl groups is 1. The van der Waals surface area contributed by atoms with Gasteiger partial charge in [0.2, 0.25) is 11.8 Å². The van der Waals surface area contributed by atoms with Crippen LogP contribution in [0.1, 0.15) is 50.2 Å². The van der Waals surface area contributed by atoms with Gasteiger partial charge in [0.05, 0.1) is 6.61 Å². The van der Waals surface area contributed by atoms with Gasteiger partial charge in [0, 0.05) is 30.6 Å². The summed E-state index contributed by atoms with van der Waals surface area (Å²) in [5, 5.41) is 14.5. The summed E-state index contributed by atoms with van der Waals surface area (Å²) in [4.78, 5) is 50.2. The molecular weight excluding hydrogens is 386 g/mol. The van der Waals surface area contributed by atoms with Crippen molar-refractivity contribution in [2.45, 2.75) is 38.6 Å². The zero-order chi connectivity index (χ0) is 21.3. The lowest BCUT2D eigenvalue weighted by atomic mass is 10.0. The predicted octanol–water partition coefficient (Wildman–Crippen LogP) is 0.870. The number of nitrogens with zero attached hydrogens (tertiary/aromatic N) is 1. The number of amides is 4. The Morgan fingerprint density at radius 2 is 1.97 bits per heavy atom. The minimum atomic E-state index is -0.652. The van der Waals surface area contributed by atoms with E-state index in [1.165, 1.54) is 4.90 Å². The van der Waals surface area contributed by atoms with Crippen molar-refractivity contribution in [3.63, 3.8) is 0 Å². The van der Waals surface area contributed by atoms with Crippen LogP contribution in [0.4, 0.5) is 0 Å². The van der Waals surface area contributed by atoms with Crippen molar-refractivity contribution in [2.24, 2.45) is 0 Å². The molecule has 1 unspecified atom stereocenters. The summed E-state index contributed by atoms with van der Waals surface area (Å²) in [7, 11) is 0. The minimum Gasteiger partial charge on any atom is -0.392 e. The van der Waals surface area contributed by atoms with Crippen LogP contribution in [0.25, 0.3) is 0 Å². The van der Waals surface area contributed by atoms with E-state index in [9.17, 15) is 24.3 Å². The van der Waals surface area contributed by atoms with Crippen molar-refractivity contribution < 1.29 is 24.3 Å². The lowest BCUT2D eigenvalue weighted by Crippen LogP contribution is -2.52. The van der Waals surface area contributed by atoms with Gasteiger partial charge in [-0.15, -0.1) is 0 Å². The molecule has 0 saturated carbocycles. The SMILES string of the molecule is O=C1CCC(N2Cc3cc(CNC(=O)c4ccccc4CO)ccc3C2=O)C(=O)N1. The molecule has 0 aromatic heterocycles. The van der Waals surface area contributed by atoms with Crippen LogP contribution >= 0.6 is 0 Å². The molecule has 2 aromatic rings. The van der Waals surface area contributed by atoms with E-state index in [4.69, 9.17) is 0 Å². The second kappa shape index (κ2) is 8.08. The van der Waals surface area contributed by atoms with Gasteiger partial charge in [-0.1, -0.05) is 30.3 Å². The summed E-state index contributed by atoms with van der Waals surface area (Å²) < 4.78 is 0. The first-order valence-corrected chi connectivity index (χ1v) is 9.71. The number of carbonyl (C=O) groups is 4. The van der Waals surface area contributed by atoms with Gasteiger partial charge in [-0.2, -0.15) is 0 Å². The summed E-state index contributed by atoms with van der Waals surface area (Å²) in [6.45, 7) is 0.328. The van der Waals surface area contributed by atoms with Crippen LogP contribution in [-0.4, -0.2) is 39.7 Å². The Morgan fingerprint density at radius 3 is 2.73 bits per heavy atom. The zero-order valence-corrected chi connectivity index (χ0v) is 16.2. The van der Waals surface area contributed by atoms with Gasteiger partial charge in [-0.05, 0) is 35.2 Å². The molecule has 0 bridgehead atoms. The third-order valence-corrected chi connectivity index (χ3v) is 5.47. The lowest BCUT2D eigenvalue weighted by Gasteiger charge is -2.29. The van der Waals surface area contributed by atoms with Crippen LogP contribution in [0.5, 0.6) is 0 Å². The van der Waals surface area contributed by atoms with Gasteiger partial charge in [0.15, 0.2) is 0 Å². The molecule has 4 amide bonds. The quantitative estimate of drug-likeness (QED) is 0.636. The van der Waals surface area contributed by atoms with Crippen molar-refractivity contribution in [3.05, 3.63) is 70.3 Å². The largest absolute Gasteiger partial charge is 0.392 e. The first kappa shape index (κ1) is 19.8. The van der Waals surface area contributed by atoms with Crippen LogP contribution in [0.2, 0.25) is 0 Å². The van der Waals surface area contributed by atoms with Crippen LogP contribution in [0, 0.1) is 0 Å². The molecule has 2 aromatic carbocycles. The van der Waals surface area contributed by atoms with Crippen LogP contribution in [-0.2, 0) is 29.3 Å². The minimum absolute atomic E-state index is 0.211. The highest BCUT2D eigenvalue weighted by Gasteiger charge is 2.39. The third-order valence-electron chi connectivity index (χ3n) is 5.47. The second-order valence-corrected chi connectivity index (χ2v) is 7.39. The lowest BCUT2D eigenvalue weighted by molar-refractivity contribution is -0.136. The second-order valence-electron chi connectivity index (χ2n) is 7.39. The van der Waals surface area contributed by atoms with Gasteiger partial charge in [-0.25, -0.2) is 0 Å². The van der Waals surface area contributed by atoms with E-state index >= 15 is 0 Å². The number of carbonyl (C=O) groups excluding carboxylic acids is 4. The fraction of sp³-hybridized carbons (Fsp3) is 0.273. The molecule has 1 saturated heterocycles. The third kappa shape index (κ3) is 3.69. The Labute approximate surface area is 172 Å². The first-order chi connectivity index (χ1) is 14.5. The number of fused-ring (bicyclic) bond motifs is 1. The molecule has 154 valence electrons. The maximum atomic E-state index is 12.7. The monoisotopic (exact) mass is 407 g/mol. The fourth-order valence-corrected chi connectivity index (χ4v) is 3.90. The molecule has 30 heavy (non-hydrogen) atoms. The maximum Gasteiger partial charge on any atom is 0.255 e. The number of imide groups is 1. The number of rotatable bonds is 5. The predicted molar refractivity (Wildman–Crippen MR) is 106 cm³/mol. The highest BCUT2D eigenvalue weighted by atomic mass is 16.3. The Morgan fingerprint density at radius 1 is 1.17 bits per heavy atom. The van der Waals surface area contributed by atoms with E-state index in [-0.39, 0.29) is 43.8 Å². The molecule has 3 N–H and O–H groups in total. The number of aliphatic hydroxyl groups excluding tert-OH is 1. The summed E-state index contributed by atoms with van der Waals surface area (Å²) in [6.07, 6.45) is 0.528. The van der Waals surface area contributed by atoms with Gasteiger partial charge in [0.25, 0.3) is 11.8 Å². The molecule has 2 aliphatic heterocycles. The molecule has 1 fully saturated rings. The Kier molecular flexibility index (Phi) is 5.33. The Balaban J connectivity index is 1.45. The molecule has 2 aliphatic rings. The molecule has 8 nitrogen and oxygen atoms in total. The molecule has 4 rings (SSSR count). The van der Waals surface area contributed by atoms with Crippen LogP contribution in [0.15, 0.2) is 42.5 Å². The number of hydrogen-bond acceptors (Lipinski definition) is 5. The number of piperidine rings is 1. The fourth-order valence-electron chi connectivity index (χ4n) is 3.90. The van der Waals surface area contributed by atoms with E-state index in [1.54, 1.807) is 36.4 Å². The highest BCUT2D eigenvalue weighted by molar-refractivity contribution is 6.05. The molecular formula is C22H21N3O5. The maximum absolute atomic E-state index is 12.7. The van der Waals surface area contributed by atoms with Crippen LogP contribution < -0.4 is 10.6 Å². The zero-order valence-electron chi connectivity index (χ0n) is 16.2. The average molecular weight is 407 g/mol. The van der Waals surface area contributed by atoms with Crippen molar-refractivity contribution >= 4 is 23.6 Å². The summed E-state index contributed by atoms with van der Waals surface area (Å²) in [5.74, 6) is -1.28. The van der Waals surface area contributed by atoms with Crippen molar-refractivity contribution in [1.82, 2.24) is 15.5 Å². The molecule has 8 heteroatoms. The number of hydrogen-bond donors (Lipinski definition) is 3. The molecule has 2 heterocycles. The standard InChI is InChI=1S/C22H21N3O5/c26-12-14-3-1-2-4-16(14)20(28)23-10-13-5-6-17-15(9-13)11-25(22(17)30)18-7-8-19(27)24-21(18)29/h1-6,9,18,26H,7-8,10-12H2,(H,23,28)(H,24,27,29). The van der Waals surface area contributed by atoms with Gasteiger partial charge >= 0.3 is 0 Å². The summed E-state index contributed by atoms with van der Waals surface area (Å²) in [6, 6.07) is 11.5. The molecule has 0 radical (unpaired) electrons. The normalized spacial score (nSPS) is 18.2. The summed E-state index contributed by atoms with van der Waals surface area (Å²) in [5.41, 5.74) is 3.10. The van der Waals surface area contributed by atoms with Gasteiger partial charge in [0.1, 0.15) is 6.04 Å². The van der Waals surface area contributed by atoms with Gasteiger partial charge in [-0.3, -0.25) is 24.5 Å². The first-order valence-electron chi connectivity index (χ1n) is 9.71. The molecule has 0 aliphatic carbocycles. The van der Waals surface area contributed by atoms with E-state index in [0.29, 0.717) is 23.1 Å². The van der Waals surface area contributed by atoms with E-state index in [2.05, 4.69) is 10.6 Å². The van der Waals surface area contributed by atoms with Gasteiger partial charge < -0.3 is 15.3 Å². The van der Waals surface area contributed by atoms with E-state index in [0.717, 1.165) is 11.1 Å².